The SMILES string of the molecule is CCCCC/C=C\C/C=C\C/C=C\C/C=C\CC(CC(=O)NC(CO)C(O)CCCCCCCCCCC)OC(=O)CCCCCCC/C=C/C=C/C=C/C=C/CCCCC. The molecule has 6 heteroatoms. The number of hydrogen-bond acceptors (Lipinski definition) is 5. The molecule has 0 aliphatic heterocycles. The van der Waals surface area contributed by atoms with Gasteiger partial charge in [-0.25, -0.2) is 0 Å². The average Bonchev–Trinajstić information content (AvgIpc) is 3.25. The van der Waals surface area contributed by atoms with Crippen molar-refractivity contribution in [2.75, 3.05) is 6.61 Å². The largest absolute Gasteiger partial charge is 0.461 e. The predicted octanol–water partition coefficient (Wildman–Crippen LogP) is 14.9. The van der Waals surface area contributed by atoms with Crippen molar-refractivity contribution in [3.8, 4) is 0 Å². The standard InChI is InChI=1S/C55H93NO5/c1-4-7-10-13-16-19-21-23-25-26-27-29-31-33-36-39-42-45-48-55(60)61-51(46-43-40-37-35-32-30-28-24-22-20-17-14-11-8-5-2)49-54(59)56-52(50-57)53(58)47-44-41-38-34-18-15-12-9-6-3/h16-17,19-21,23-29,32,35,40,43,51-53,57-58H,4-15,18,22,30-31,33-34,36-39,41-42,44-50H2,1-3H3,(H,56,59)/b19-16+,20-17-,23-21+,26-25+,28-24-,29-27+,35-32-,43-40-. The normalized spacial score (nSPS) is 14.1. The lowest BCUT2D eigenvalue weighted by atomic mass is 10.0. The van der Waals surface area contributed by atoms with Gasteiger partial charge < -0.3 is 20.3 Å². The first kappa shape index (κ1) is 57.8. The van der Waals surface area contributed by atoms with E-state index in [0.717, 1.165) is 83.5 Å². The molecule has 0 bridgehead atoms. The van der Waals surface area contributed by atoms with Gasteiger partial charge in [-0.1, -0.05) is 221 Å². The Morgan fingerprint density at radius 2 is 0.934 bits per heavy atom. The summed E-state index contributed by atoms with van der Waals surface area (Å²) in [6.07, 6.45) is 63.3. The van der Waals surface area contributed by atoms with Crippen molar-refractivity contribution in [2.45, 2.75) is 232 Å². The Morgan fingerprint density at radius 1 is 0.508 bits per heavy atom. The zero-order valence-electron chi connectivity index (χ0n) is 39.5. The lowest BCUT2D eigenvalue weighted by Crippen LogP contribution is -2.46. The number of rotatable bonds is 43. The van der Waals surface area contributed by atoms with Crippen LogP contribution in [0.3, 0.4) is 0 Å². The van der Waals surface area contributed by atoms with Gasteiger partial charge in [-0.15, -0.1) is 0 Å². The molecule has 3 N–H and O–H groups in total. The molecule has 0 aromatic rings. The number of nitrogens with one attached hydrogen (secondary N) is 1. The minimum absolute atomic E-state index is 0.0137. The molecule has 3 unspecified atom stereocenters. The first-order valence-electron chi connectivity index (χ1n) is 25.0. The molecule has 0 saturated heterocycles. The summed E-state index contributed by atoms with van der Waals surface area (Å²) in [4.78, 5) is 26.1. The second kappa shape index (κ2) is 47.8. The Bertz CT molecular complexity index is 1220. The van der Waals surface area contributed by atoms with Crippen LogP contribution in [0.25, 0.3) is 0 Å². The summed E-state index contributed by atoms with van der Waals surface area (Å²) in [6.45, 7) is 6.35. The summed E-state index contributed by atoms with van der Waals surface area (Å²) >= 11 is 0. The van der Waals surface area contributed by atoms with Crippen LogP contribution in [0, 0.1) is 0 Å². The van der Waals surface area contributed by atoms with Gasteiger partial charge in [-0.3, -0.25) is 9.59 Å². The predicted molar refractivity (Wildman–Crippen MR) is 264 cm³/mol. The van der Waals surface area contributed by atoms with E-state index in [1.807, 2.05) is 12.2 Å². The highest BCUT2D eigenvalue weighted by Gasteiger charge is 2.23. The van der Waals surface area contributed by atoms with Crippen molar-refractivity contribution < 1.29 is 24.5 Å². The molecule has 348 valence electrons. The van der Waals surface area contributed by atoms with Crippen LogP contribution in [0.5, 0.6) is 0 Å². The molecular weight excluding hydrogens is 755 g/mol. The number of aliphatic hydroxyl groups excluding tert-OH is 2. The first-order chi connectivity index (χ1) is 30.0. The van der Waals surface area contributed by atoms with Crippen molar-refractivity contribution in [1.29, 1.82) is 0 Å². The highest BCUT2D eigenvalue weighted by molar-refractivity contribution is 5.77. The van der Waals surface area contributed by atoms with E-state index < -0.39 is 18.2 Å². The van der Waals surface area contributed by atoms with Gasteiger partial charge in [-0.2, -0.15) is 0 Å². The fourth-order valence-corrected chi connectivity index (χ4v) is 6.89. The molecule has 0 aliphatic rings. The molecule has 0 aromatic carbocycles. The first-order valence-corrected chi connectivity index (χ1v) is 25.0. The smallest absolute Gasteiger partial charge is 0.306 e. The number of carbonyl (C=O) groups is 2. The third-order valence-electron chi connectivity index (χ3n) is 10.7. The zero-order chi connectivity index (χ0) is 44.5. The van der Waals surface area contributed by atoms with Gasteiger partial charge in [0.05, 0.1) is 25.2 Å². The summed E-state index contributed by atoms with van der Waals surface area (Å²) in [5.74, 6) is -0.612. The van der Waals surface area contributed by atoms with Crippen LogP contribution < -0.4 is 5.32 Å². The molecule has 0 rings (SSSR count). The lowest BCUT2D eigenvalue weighted by molar-refractivity contribution is -0.150. The zero-order valence-corrected chi connectivity index (χ0v) is 39.5. The Balaban J connectivity index is 4.78. The van der Waals surface area contributed by atoms with Crippen LogP contribution >= 0.6 is 0 Å². The molecule has 0 aliphatic carbocycles. The molecule has 1 amide bonds. The lowest BCUT2D eigenvalue weighted by Gasteiger charge is -2.24. The number of carbonyl (C=O) groups excluding carboxylic acids is 2. The second-order valence-corrected chi connectivity index (χ2v) is 16.6. The monoisotopic (exact) mass is 848 g/mol. The van der Waals surface area contributed by atoms with Crippen LogP contribution in [-0.2, 0) is 14.3 Å². The molecule has 0 spiro atoms. The van der Waals surface area contributed by atoms with Crippen LogP contribution in [0.15, 0.2) is 97.2 Å². The number of hydrogen-bond donors (Lipinski definition) is 3. The minimum Gasteiger partial charge on any atom is -0.461 e. The van der Waals surface area contributed by atoms with E-state index in [1.54, 1.807) is 0 Å². The number of amides is 1. The molecule has 0 aromatic heterocycles. The van der Waals surface area contributed by atoms with Gasteiger partial charge in [0.15, 0.2) is 0 Å². The molecular formula is C55H93NO5. The van der Waals surface area contributed by atoms with Crippen molar-refractivity contribution in [3.63, 3.8) is 0 Å². The molecule has 0 radical (unpaired) electrons. The van der Waals surface area contributed by atoms with E-state index in [-0.39, 0.29) is 24.9 Å². The second-order valence-electron chi connectivity index (χ2n) is 16.6. The third kappa shape index (κ3) is 43.2. The van der Waals surface area contributed by atoms with Gasteiger partial charge >= 0.3 is 5.97 Å². The number of unbranched alkanes of at least 4 members (excludes halogenated alkanes) is 19. The highest BCUT2D eigenvalue weighted by atomic mass is 16.5. The van der Waals surface area contributed by atoms with Crippen LogP contribution in [-0.4, -0.2) is 46.9 Å². The molecule has 3 atom stereocenters. The van der Waals surface area contributed by atoms with E-state index in [0.29, 0.717) is 19.3 Å². The van der Waals surface area contributed by atoms with Crippen LogP contribution in [0.1, 0.15) is 213 Å². The van der Waals surface area contributed by atoms with Crippen LogP contribution in [0.2, 0.25) is 0 Å². The van der Waals surface area contributed by atoms with E-state index in [4.69, 9.17) is 4.74 Å². The topological polar surface area (TPSA) is 95.9 Å². The maximum Gasteiger partial charge on any atom is 0.306 e. The number of ether oxygens (including phenoxy) is 1. The van der Waals surface area contributed by atoms with Crippen molar-refractivity contribution in [2.24, 2.45) is 0 Å². The quantitative estimate of drug-likeness (QED) is 0.0246. The Labute approximate surface area is 376 Å². The Kier molecular flexibility index (Phi) is 45.3. The van der Waals surface area contributed by atoms with E-state index in [9.17, 15) is 19.8 Å². The van der Waals surface area contributed by atoms with Gasteiger partial charge in [0.25, 0.3) is 0 Å². The fraction of sp³-hybridized carbons (Fsp3) is 0.673. The molecule has 0 heterocycles. The summed E-state index contributed by atoms with van der Waals surface area (Å²) in [7, 11) is 0. The Morgan fingerprint density at radius 3 is 1.49 bits per heavy atom. The summed E-state index contributed by atoms with van der Waals surface area (Å²) in [5, 5.41) is 23.6. The molecule has 0 fully saturated rings. The Hall–Kier alpha value is -3.22. The number of esters is 1. The van der Waals surface area contributed by atoms with Crippen molar-refractivity contribution in [1.82, 2.24) is 5.32 Å². The fourth-order valence-electron chi connectivity index (χ4n) is 6.89. The molecule has 0 saturated carbocycles. The maximum absolute atomic E-state index is 13.1. The van der Waals surface area contributed by atoms with E-state index in [1.165, 1.54) is 83.5 Å². The van der Waals surface area contributed by atoms with E-state index >= 15 is 0 Å². The van der Waals surface area contributed by atoms with E-state index in [2.05, 4.69) is 111 Å². The third-order valence-corrected chi connectivity index (χ3v) is 10.7. The summed E-state index contributed by atoms with van der Waals surface area (Å²) in [5.41, 5.74) is 0. The van der Waals surface area contributed by atoms with Crippen molar-refractivity contribution >= 4 is 11.9 Å². The van der Waals surface area contributed by atoms with Gasteiger partial charge in [0.2, 0.25) is 5.91 Å². The number of allylic oxidation sites excluding steroid dienone is 15. The minimum atomic E-state index is -0.819. The molecule has 61 heavy (non-hydrogen) atoms. The number of aliphatic hydroxyl groups is 2. The summed E-state index contributed by atoms with van der Waals surface area (Å²) < 4.78 is 5.85. The van der Waals surface area contributed by atoms with Gasteiger partial charge in [0.1, 0.15) is 6.10 Å². The maximum atomic E-state index is 13.1. The summed E-state index contributed by atoms with van der Waals surface area (Å²) in [6, 6.07) is -0.740. The van der Waals surface area contributed by atoms with Gasteiger partial charge in [0, 0.05) is 12.8 Å². The van der Waals surface area contributed by atoms with Crippen LogP contribution in [0.4, 0.5) is 0 Å². The van der Waals surface area contributed by atoms with Crippen molar-refractivity contribution in [3.05, 3.63) is 97.2 Å². The highest BCUT2D eigenvalue weighted by Crippen LogP contribution is 2.15. The van der Waals surface area contributed by atoms with Gasteiger partial charge in [-0.05, 0) is 70.6 Å². The average molecular weight is 848 g/mol. The molecule has 6 nitrogen and oxygen atoms in total.